The first-order valence-electron chi connectivity index (χ1n) is 4.85. The van der Waals surface area contributed by atoms with E-state index in [2.05, 4.69) is 6.07 Å². The van der Waals surface area contributed by atoms with Gasteiger partial charge in [0.1, 0.15) is 0 Å². The number of hydrogen-bond acceptors (Lipinski definition) is 2. The van der Waals surface area contributed by atoms with E-state index in [1.54, 1.807) is 18.2 Å². The summed E-state index contributed by atoms with van der Waals surface area (Å²) in [4.78, 5) is 11.2. The lowest BCUT2D eigenvalue weighted by Crippen LogP contribution is -2.12. The first-order chi connectivity index (χ1) is 7.68. The third-order valence-electron chi connectivity index (χ3n) is 2.30. The molecule has 1 amide bonds. The van der Waals surface area contributed by atoms with Crippen molar-refractivity contribution in [2.24, 2.45) is 5.73 Å². The van der Waals surface area contributed by atoms with E-state index in [4.69, 9.17) is 11.5 Å². The molecule has 0 saturated heterocycles. The number of carbonyl (C=O) groups is 1. The summed E-state index contributed by atoms with van der Waals surface area (Å²) < 4.78 is 0. The second-order valence-electron chi connectivity index (χ2n) is 3.45. The summed E-state index contributed by atoms with van der Waals surface area (Å²) in [5.74, 6) is -0.488. The number of carbonyl (C=O) groups excluding carboxylic acids is 1. The molecule has 0 fully saturated rings. The minimum Gasteiger partial charge on any atom is -0.399 e. The number of nitrogens with two attached hydrogens (primary N) is 2. The monoisotopic (exact) mass is 211 g/mol. The van der Waals surface area contributed by atoms with Gasteiger partial charge < -0.3 is 11.5 Å². The molecule has 0 saturated carbocycles. The number of anilines is 1. The van der Waals surface area contributed by atoms with Crippen molar-refractivity contribution in [3.63, 3.8) is 0 Å². The summed E-state index contributed by atoms with van der Waals surface area (Å²) in [5, 5.41) is 0. The molecule has 2 aromatic carbocycles. The fraction of sp³-hybridized carbons (Fsp3) is 0. The fourth-order valence-electron chi connectivity index (χ4n) is 1.59. The number of amides is 1. The van der Waals surface area contributed by atoms with Gasteiger partial charge >= 0.3 is 0 Å². The van der Waals surface area contributed by atoms with Crippen LogP contribution in [0.15, 0.2) is 42.5 Å². The van der Waals surface area contributed by atoms with E-state index < -0.39 is 5.91 Å². The van der Waals surface area contributed by atoms with Gasteiger partial charge in [-0.3, -0.25) is 4.79 Å². The number of rotatable bonds is 2. The van der Waals surface area contributed by atoms with Gasteiger partial charge in [0.15, 0.2) is 0 Å². The molecule has 0 aliphatic rings. The fourth-order valence-corrected chi connectivity index (χ4v) is 1.59. The van der Waals surface area contributed by atoms with Crippen molar-refractivity contribution in [2.75, 3.05) is 5.73 Å². The predicted octanol–water partition coefficient (Wildman–Crippen LogP) is 1.83. The first kappa shape index (κ1) is 10.2. The summed E-state index contributed by atoms with van der Waals surface area (Å²) in [6, 6.07) is 15.4. The van der Waals surface area contributed by atoms with Crippen LogP contribution in [0.2, 0.25) is 0 Å². The van der Waals surface area contributed by atoms with E-state index in [1.807, 2.05) is 24.3 Å². The number of hydrogen-bond donors (Lipinski definition) is 2. The van der Waals surface area contributed by atoms with Crippen LogP contribution < -0.4 is 11.5 Å². The van der Waals surface area contributed by atoms with Crippen LogP contribution in [-0.4, -0.2) is 5.91 Å². The number of nitrogen functional groups attached to an aromatic ring is 1. The molecule has 0 aliphatic heterocycles. The van der Waals surface area contributed by atoms with Crippen molar-refractivity contribution in [3.05, 3.63) is 54.1 Å². The predicted molar refractivity (Wildman–Crippen MR) is 63.6 cm³/mol. The van der Waals surface area contributed by atoms with E-state index in [-0.39, 0.29) is 0 Å². The Hall–Kier alpha value is -2.29. The molecule has 0 unspecified atom stereocenters. The average molecular weight is 211 g/mol. The Morgan fingerprint density at radius 3 is 2.69 bits per heavy atom. The molecule has 0 aromatic heterocycles. The highest BCUT2D eigenvalue weighted by Gasteiger charge is 2.09. The Morgan fingerprint density at radius 2 is 2.00 bits per heavy atom. The molecule has 1 radical (unpaired) electrons. The molecule has 16 heavy (non-hydrogen) atoms. The maximum absolute atomic E-state index is 11.2. The van der Waals surface area contributed by atoms with E-state index in [9.17, 15) is 4.79 Å². The van der Waals surface area contributed by atoms with E-state index in [0.717, 1.165) is 11.1 Å². The number of benzene rings is 2. The van der Waals surface area contributed by atoms with Crippen molar-refractivity contribution >= 4 is 11.6 Å². The Bertz CT molecular complexity index is 535. The molecule has 0 spiro atoms. The quantitative estimate of drug-likeness (QED) is 0.744. The smallest absolute Gasteiger partial charge is 0.249 e. The average Bonchev–Trinajstić information content (AvgIpc) is 2.29. The number of primary amides is 1. The van der Waals surface area contributed by atoms with Crippen LogP contribution in [-0.2, 0) is 0 Å². The van der Waals surface area contributed by atoms with Crippen molar-refractivity contribution < 1.29 is 4.79 Å². The highest BCUT2D eigenvalue weighted by atomic mass is 16.1. The summed E-state index contributed by atoms with van der Waals surface area (Å²) in [6.45, 7) is 0. The van der Waals surface area contributed by atoms with Gasteiger partial charge in [0, 0.05) is 5.69 Å². The normalized spacial score (nSPS) is 10.0. The van der Waals surface area contributed by atoms with Crippen molar-refractivity contribution in [1.29, 1.82) is 0 Å². The molecule has 0 heterocycles. The Morgan fingerprint density at radius 1 is 1.19 bits per heavy atom. The van der Waals surface area contributed by atoms with E-state index >= 15 is 0 Å². The molecule has 3 heteroatoms. The molecule has 79 valence electrons. The molecule has 2 aromatic rings. The molecule has 4 N–H and O–H groups in total. The van der Waals surface area contributed by atoms with Gasteiger partial charge in [-0.25, -0.2) is 0 Å². The maximum Gasteiger partial charge on any atom is 0.249 e. The lowest BCUT2D eigenvalue weighted by molar-refractivity contribution is 0.100. The molecular weight excluding hydrogens is 200 g/mol. The highest BCUT2D eigenvalue weighted by Crippen LogP contribution is 2.24. The van der Waals surface area contributed by atoms with Crippen molar-refractivity contribution in [1.82, 2.24) is 0 Å². The van der Waals surface area contributed by atoms with Crippen LogP contribution in [0.3, 0.4) is 0 Å². The zero-order chi connectivity index (χ0) is 11.5. The Kier molecular flexibility index (Phi) is 2.60. The van der Waals surface area contributed by atoms with Gasteiger partial charge in [-0.15, -0.1) is 0 Å². The third kappa shape index (κ3) is 1.88. The molecule has 2 rings (SSSR count). The summed E-state index contributed by atoms with van der Waals surface area (Å²) in [6.07, 6.45) is 0. The Labute approximate surface area is 93.7 Å². The van der Waals surface area contributed by atoms with E-state index in [0.29, 0.717) is 11.3 Å². The van der Waals surface area contributed by atoms with Crippen LogP contribution in [0.4, 0.5) is 5.69 Å². The maximum atomic E-state index is 11.2. The second kappa shape index (κ2) is 4.06. The van der Waals surface area contributed by atoms with Crippen molar-refractivity contribution in [3.8, 4) is 11.1 Å². The summed E-state index contributed by atoms with van der Waals surface area (Å²) in [5.41, 5.74) is 13.6. The highest BCUT2D eigenvalue weighted by molar-refractivity contribution is 5.99. The summed E-state index contributed by atoms with van der Waals surface area (Å²) in [7, 11) is 0. The summed E-state index contributed by atoms with van der Waals surface area (Å²) >= 11 is 0. The largest absolute Gasteiger partial charge is 0.399 e. The van der Waals surface area contributed by atoms with Gasteiger partial charge in [-0.1, -0.05) is 30.3 Å². The molecule has 0 bridgehead atoms. The van der Waals surface area contributed by atoms with E-state index in [1.165, 1.54) is 0 Å². The van der Waals surface area contributed by atoms with Gasteiger partial charge in [-0.05, 0) is 29.3 Å². The second-order valence-corrected chi connectivity index (χ2v) is 3.45. The van der Waals surface area contributed by atoms with Gasteiger partial charge in [0.25, 0.3) is 0 Å². The molecule has 3 nitrogen and oxygen atoms in total. The molecule has 0 aliphatic carbocycles. The Balaban J connectivity index is 2.60. The minimum absolute atomic E-state index is 0.383. The third-order valence-corrected chi connectivity index (χ3v) is 2.30. The van der Waals surface area contributed by atoms with Crippen LogP contribution in [0.5, 0.6) is 0 Å². The molecular formula is C13H11N2O. The zero-order valence-corrected chi connectivity index (χ0v) is 8.60. The lowest BCUT2D eigenvalue weighted by atomic mass is 9.99. The standard InChI is InChI=1S/C13H11N2O/c14-10-5-3-4-9(8-10)11-6-1-2-7-12(11)13(15)16/h1-6,8H,14H2,(H2,15,16). The van der Waals surface area contributed by atoms with Crippen LogP contribution in [0.1, 0.15) is 10.4 Å². The lowest BCUT2D eigenvalue weighted by Gasteiger charge is -2.06. The van der Waals surface area contributed by atoms with Crippen LogP contribution in [0, 0.1) is 6.07 Å². The van der Waals surface area contributed by atoms with Crippen LogP contribution in [0.25, 0.3) is 11.1 Å². The van der Waals surface area contributed by atoms with Gasteiger partial charge in [-0.2, -0.15) is 0 Å². The van der Waals surface area contributed by atoms with Crippen LogP contribution >= 0.6 is 0 Å². The van der Waals surface area contributed by atoms with Crippen molar-refractivity contribution in [2.45, 2.75) is 0 Å². The molecule has 0 atom stereocenters. The topological polar surface area (TPSA) is 69.1 Å². The zero-order valence-electron chi connectivity index (χ0n) is 8.60. The SMILES string of the molecule is NC(=O)c1[c]cccc1-c1cccc(N)c1. The van der Waals surface area contributed by atoms with Gasteiger partial charge in [0.2, 0.25) is 5.91 Å². The minimum atomic E-state index is -0.488. The first-order valence-corrected chi connectivity index (χ1v) is 4.85. The van der Waals surface area contributed by atoms with Gasteiger partial charge in [0.05, 0.1) is 5.56 Å².